The van der Waals surface area contributed by atoms with E-state index in [1.54, 1.807) is 17.5 Å². The summed E-state index contributed by atoms with van der Waals surface area (Å²) in [7, 11) is -3.48. The fraction of sp³-hybridized carbons (Fsp3) is 0.700. The summed E-state index contributed by atoms with van der Waals surface area (Å²) >= 11 is 1.19. The van der Waals surface area contributed by atoms with Crippen molar-refractivity contribution in [3.8, 4) is 0 Å². The number of carbonyl (C=O) groups is 2. The van der Waals surface area contributed by atoms with Gasteiger partial charge < -0.3 is 10.1 Å². The molecule has 1 saturated carbocycles. The third kappa shape index (κ3) is 5.38. The number of nitrogens with one attached hydrogen (secondary N) is 1. The Morgan fingerprint density at radius 1 is 1.21 bits per heavy atom. The second kappa shape index (κ2) is 9.57. The van der Waals surface area contributed by atoms with Gasteiger partial charge in [0, 0.05) is 19.1 Å². The van der Waals surface area contributed by atoms with Crippen molar-refractivity contribution in [2.45, 2.75) is 56.2 Å². The zero-order valence-electron chi connectivity index (χ0n) is 17.0. The molecule has 9 heteroatoms. The molecular formula is C20H30N2O5S2. The van der Waals surface area contributed by atoms with Crippen molar-refractivity contribution in [1.29, 1.82) is 0 Å². The van der Waals surface area contributed by atoms with Gasteiger partial charge in [-0.2, -0.15) is 4.31 Å². The van der Waals surface area contributed by atoms with Crippen molar-refractivity contribution in [3.63, 3.8) is 0 Å². The van der Waals surface area contributed by atoms with Gasteiger partial charge in [0.2, 0.25) is 0 Å². The number of ether oxygens (including phenoxy) is 1. The van der Waals surface area contributed by atoms with E-state index in [1.165, 1.54) is 22.1 Å². The molecule has 3 unspecified atom stereocenters. The highest BCUT2D eigenvalue weighted by atomic mass is 32.2. The molecule has 1 amide bonds. The molecule has 2 heterocycles. The average Bonchev–Trinajstić information content (AvgIpc) is 3.25. The quantitative estimate of drug-likeness (QED) is 0.684. The summed E-state index contributed by atoms with van der Waals surface area (Å²) in [6, 6.07) is 3.43. The van der Waals surface area contributed by atoms with Gasteiger partial charge in [0.1, 0.15) is 4.21 Å². The molecule has 3 atom stereocenters. The lowest BCUT2D eigenvalue weighted by molar-refractivity contribution is -0.154. The second-order valence-electron chi connectivity index (χ2n) is 8.16. The first kappa shape index (κ1) is 22.2. The summed E-state index contributed by atoms with van der Waals surface area (Å²) in [5.74, 6) is -0.0585. The van der Waals surface area contributed by atoms with E-state index in [1.807, 2.05) is 0 Å². The Morgan fingerprint density at radius 3 is 2.59 bits per heavy atom. The molecule has 1 aromatic heterocycles. The lowest BCUT2D eigenvalue weighted by Gasteiger charge is -2.34. The van der Waals surface area contributed by atoms with E-state index in [2.05, 4.69) is 19.2 Å². The molecule has 0 aromatic carbocycles. The highest BCUT2D eigenvalue weighted by molar-refractivity contribution is 7.91. The van der Waals surface area contributed by atoms with Crippen LogP contribution in [0.25, 0.3) is 0 Å². The minimum atomic E-state index is -3.48. The fourth-order valence-electron chi connectivity index (χ4n) is 4.16. The first-order chi connectivity index (χ1) is 13.8. The maximum absolute atomic E-state index is 12.5. The smallest absolute Gasteiger partial charge is 0.309 e. The second-order valence-corrected chi connectivity index (χ2v) is 11.3. The summed E-state index contributed by atoms with van der Waals surface area (Å²) < 4.78 is 32.1. The van der Waals surface area contributed by atoms with E-state index < -0.39 is 16.0 Å². The van der Waals surface area contributed by atoms with Crippen LogP contribution in [0.3, 0.4) is 0 Å². The third-order valence-corrected chi connectivity index (χ3v) is 9.55. The Kier molecular flexibility index (Phi) is 7.34. The molecule has 1 saturated heterocycles. The van der Waals surface area contributed by atoms with Crippen molar-refractivity contribution >= 4 is 33.2 Å². The molecule has 0 spiro atoms. The van der Waals surface area contributed by atoms with E-state index in [0.29, 0.717) is 28.9 Å². The number of piperidine rings is 1. The molecule has 7 nitrogen and oxygen atoms in total. The van der Waals surface area contributed by atoms with Crippen LogP contribution in [0, 0.1) is 17.8 Å². The minimum Gasteiger partial charge on any atom is -0.455 e. The standard InChI is InChI=1S/C20H30N2O5S2/c1-14-5-3-6-17(15(14)2)21-18(23)13-27-20(24)16-8-10-22(11-9-16)29(25,26)19-7-4-12-28-19/h4,7,12,14-17H,3,5-6,8-11,13H2,1-2H3,(H,21,23). The van der Waals surface area contributed by atoms with Gasteiger partial charge in [-0.3, -0.25) is 9.59 Å². The van der Waals surface area contributed by atoms with Gasteiger partial charge in [-0.15, -0.1) is 11.3 Å². The molecule has 162 valence electrons. The van der Waals surface area contributed by atoms with E-state index in [-0.39, 0.29) is 37.6 Å². The van der Waals surface area contributed by atoms with Crippen LogP contribution in [0.5, 0.6) is 0 Å². The van der Waals surface area contributed by atoms with Crippen LogP contribution >= 0.6 is 11.3 Å². The highest BCUT2D eigenvalue weighted by Crippen LogP contribution is 2.29. The maximum atomic E-state index is 12.5. The summed E-state index contributed by atoms with van der Waals surface area (Å²) in [5.41, 5.74) is 0. The number of sulfonamides is 1. The SMILES string of the molecule is CC1CCCC(NC(=O)COC(=O)C2CCN(S(=O)(=O)c3cccs3)CC2)C1C. The highest BCUT2D eigenvalue weighted by Gasteiger charge is 2.34. The van der Waals surface area contributed by atoms with Gasteiger partial charge >= 0.3 is 5.97 Å². The number of esters is 1. The Labute approximate surface area is 176 Å². The van der Waals surface area contributed by atoms with Crippen LogP contribution in [-0.4, -0.2) is 50.3 Å². The summed E-state index contributed by atoms with van der Waals surface area (Å²) in [5, 5.41) is 4.73. The van der Waals surface area contributed by atoms with Crippen molar-refractivity contribution < 1.29 is 22.7 Å². The first-order valence-corrected chi connectivity index (χ1v) is 12.6. The molecule has 3 rings (SSSR count). The van der Waals surface area contributed by atoms with Gasteiger partial charge in [-0.25, -0.2) is 8.42 Å². The number of carbonyl (C=O) groups excluding carboxylic acids is 2. The van der Waals surface area contributed by atoms with Crippen molar-refractivity contribution in [2.24, 2.45) is 17.8 Å². The summed E-state index contributed by atoms with van der Waals surface area (Å²) in [6.45, 7) is 4.64. The molecular weight excluding hydrogens is 412 g/mol. The van der Waals surface area contributed by atoms with Crippen LogP contribution in [0.15, 0.2) is 21.7 Å². The number of amides is 1. The first-order valence-electron chi connectivity index (χ1n) is 10.3. The van der Waals surface area contributed by atoms with E-state index in [9.17, 15) is 18.0 Å². The molecule has 2 fully saturated rings. The Morgan fingerprint density at radius 2 is 1.93 bits per heavy atom. The predicted octanol–water partition coefficient (Wildman–Crippen LogP) is 2.63. The van der Waals surface area contributed by atoms with Crippen LogP contribution in [0.1, 0.15) is 46.0 Å². The molecule has 2 aliphatic rings. The topological polar surface area (TPSA) is 92.8 Å². The summed E-state index contributed by atoms with van der Waals surface area (Å²) in [4.78, 5) is 24.5. The van der Waals surface area contributed by atoms with Crippen molar-refractivity contribution in [3.05, 3.63) is 17.5 Å². The van der Waals surface area contributed by atoms with Gasteiger partial charge in [-0.1, -0.05) is 32.8 Å². The molecule has 0 bridgehead atoms. The van der Waals surface area contributed by atoms with E-state index >= 15 is 0 Å². The maximum Gasteiger partial charge on any atom is 0.309 e. The zero-order chi connectivity index (χ0) is 21.0. The minimum absolute atomic E-state index is 0.135. The molecule has 1 aliphatic carbocycles. The Bertz CT molecular complexity index is 801. The van der Waals surface area contributed by atoms with Gasteiger partial charge in [-0.05, 0) is 42.5 Å². The summed E-state index contributed by atoms with van der Waals surface area (Å²) in [6.07, 6.45) is 4.06. The fourth-order valence-corrected chi connectivity index (χ4v) is 6.77. The van der Waals surface area contributed by atoms with Crippen LogP contribution in [0.4, 0.5) is 0 Å². The molecule has 1 N–H and O–H groups in total. The lowest BCUT2D eigenvalue weighted by atomic mass is 9.78. The monoisotopic (exact) mass is 442 g/mol. The molecule has 1 aliphatic heterocycles. The molecule has 29 heavy (non-hydrogen) atoms. The van der Waals surface area contributed by atoms with Crippen molar-refractivity contribution in [1.82, 2.24) is 9.62 Å². The van der Waals surface area contributed by atoms with Crippen molar-refractivity contribution in [2.75, 3.05) is 19.7 Å². The van der Waals surface area contributed by atoms with Crippen LogP contribution in [-0.2, 0) is 24.3 Å². The average molecular weight is 443 g/mol. The Balaban J connectivity index is 1.42. The number of hydrogen-bond donors (Lipinski definition) is 1. The molecule has 0 radical (unpaired) electrons. The van der Waals surface area contributed by atoms with E-state index in [0.717, 1.165) is 12.8 Å². The van der Waals surface area contributed by atoms with E-state index in [4.69, 9.17) is 4.74 Å². The predicted molar refractivity (Wildman–Crippen MR) is 111 cm³/mol. The van der Waals surface area contributed by atoms with Crippen LogP contribution < -0.4 is 5.32 Å². The number of hydrogen-bond acceptors (Lipinski definition) is 6. The van der Waals surface area contributed by atoms with Crippen LogP contribution in [0.2, 0.25) is 0 Å². The van der Waals surface area contributed by atoms with Gasteiger partial charge in [0.25, 0.3) is 15.9 Å². The van der Waals surface area contributed by atoms with Gasteiger partial charge in [0.15, 0.2) is 6.61 Å². The molecule has 1 aromatic rings. The zero-order valence-corrected chi connectivity index (χ0v) is 18.6. The normalized spacial score (nSPS) is 26.8. The lowest BCUT2D eigenvalue weighted by Crippen LogP contribution is -2.45. The number of nitrogens with zero attached hydrogens (tertiary/aromatic N) is 1. The number of rotatable bonds is 6. The third-order valence-electron chi connectivity index (χ3n) is 6.28. The van der Waals surface area contributed by atoms with Gasteiger partial charge in [0.05, 0.1) is 5.92 Å². The Hall–Kier alpha value is -1.45. The number of thiophene rings is 1. The largest absolute Gasteiger partial charge is 0.455 e.